The molecular formula is C16H22N2O2S. The van der Waals surface area contributed by atoms with Crippen molar-refractivity contribution in [3.63, 3.8) is 0 Å². The van der Waals surface area contributed by atoms with Gasteiger partial charge in [0.05, 0.1) is 11.2 Å². The van der Waals surface area contributed by atoms with Gasteiger partial charge in [-0.05, 0) is 24.1 Å². The van der Waals surface area contributed by atoms with Crippen LogP contribution in [0.3, 0.4) is 0 Å². The number of benzene rings is 1. The second-order valence-corrected chi connectivity index (χ2v) is 7.46. The van der Waals surface area contributed by atoms with Crippen molar-refractivity contribution < 1.29 is 8.42 Å². The van der Waals surface area contributed by atoms with Crippen molar-refractivity contribution in [1.29, 1.82) is 0 Å². The molecule has 0 aliphatic rings. The van der Waals surface area contributed by atoms with E-state index in [1.165, 1.54) is 11.8 Å². The van der Waals surface area contributed by atoms with E-state index >= 15 is 0 Å². The van der Waals surface area contributed by atoms with E-state index in [0.29, 0.717) is 10.8 Å². The van der Waals surface area contributed by atoms with Crippen molar-refractivity contribution in [3.8, 4) is 0 Å². The fourth-order valence-electron chi connectivity index (χ4n) is 2.45. The lowest BCUT2D eigenvalue weighted by Crippen LogP contribution is -2.08. The monoisotopic (exact) mass is 306 g/mol. The summed E-state index contributed by atoms with van der Waals surface area (Å²) in [7, 11) is -3.13. The molecule has 1 heterocycles. The van der Waals surface area contributed by atoms with Crippen molar-refractivity contribution in [1.82, 2.24) is 9.55 Å². The summed E-state index contributed by atoms with van der Waals surface area (Å²) < 4.78 is 25.1. The predicted octanol–water partition coefficient (Wildman–Crippen LogP) is 3.26. The molecule has 114 valence electrons. The van der Waals surface area contributed by atoms with Gasteiger partial charge in [-0.25, -0.2) is 13.4 Å². The van der Waals surface area contributed by atoms with Crippen LogP contribution in [-0.4, -0.2) is 24.2 Å². The highest BCUT2D eigenvalue weighted by molar-refractivity contribution is 7.90. The molecule has 0 spiro atoms. The summed E-state index contributed by atoms with van der Waals surface area (Å²) in [5.74, 6) is 0.382. The van der Waals surface area contributed by atoms with E-state index in [1.54, 1.807) is 18.3 Å². The Balaban J connectivity index is 2.19. The van der Waals surface area contributed by atoms with Gasteiger partial charge in [0, 0.05) is 31.1 Å². The number of aromatic nitrogens is 2. The van der Waals surface area contributed by atoms with Gasteiger partial charge in [0.15, 0.2) is 9.84 Å². The molecule has 21 heavy (non-hydrogen) atoms. The molecule has 0 N–H and O–H groups in total. The molecule has 1 aromatic heterocycles. The third-order valence-electron chi connectivity index (χ3n) is 3.68. The molecule has 4 nitrogen and oxygen atoms in total. The smallest absolute Gasteiger partial charge is 0.175 e. The zero-order valence-corrected chi connectivity index (χ0v) is 13.4. The van der Waals surface area contributed by atoms with Gasteiger partial charge in [0.1, 0.15) is 0 Å². The molecule has 2 aromatic rings. The Morgan fingerprint density at radius 1 is 1.24 bits per heavy atom. The molecule has 2 rings (SSSR count). The standard InChI is InChI=1S/C16H22N2O2S/c1-3-4-5-15(12-18-11-10-17-13-18)14-6-8-16(9-7-14)21(2,19)20/h6-11,13,15H,3-5,12H2,1-2H3. The molecular weight excluding hydrogens is 284 g/mol. The number of imidazole rings is 1. The van der Waals surface area contributed by atoms with Gasteiger partial charge in [-0.3, -0.25) is 0 Å². The number of rotatable bonds is 7. The molecule has 0 saturated carbocycles. The fourth-order valence-corrected chi connectivity index (χ4v) is 3.08. The number of hydrogen-bond donors (Lipinski definition) is 0. The summed E-state index contributed by atoms with van der Waals surface area (Å²) in [6.45, 7) is 3.05. The molecule has 1 unspecified atom stereocenters. The zero-order valence-electron chi connectivity index (χ0n) is 12.6. The number of hydrogen-bond acceptors (Lipinski definition) is 3. The molecule has 0 bridgehead atoms. The largest absolute Gasteiger partial charge is 0.337 e. The van der Waals surface area contributed by atoms with Gasteiger partial charge in [0.25, 0.3) is 0 Å². The predicted molar refractivity (Wildman–Crippen MR) is 84.0 cm³/mol. The maximum atomic E-state index is 11.5. The van der Waals surface area contributed by atoms with Crippen molar-refractivity contribution in [2.75, 3.05) is 6.26 Å². The SMILES string of the molecule is CCCCC(Cn1ccnc1)c1ccc(S(C)(=O)=O)cc1. The number of sulfone groups is 1. The van der Waals surface area contributed by atoms with Crippen molar-refractivity contribution in [3.05, 3.63) is 48.5 Å². The van der Waals surface area contributed by atoms with Crippen molar-refractivity contribution in [2.24, 2.45) is 0 Å². The topological polar surface area (TPSA) is 52.0 Å². The maximum absolute atomic E-state index is 11.5. The quantitative estimate of drug-likeness (QED) is 0.789. The van der Waals surface area contributed by atoms with E-state index in [-0.39, 0.29) is 0 Å². The Kier molecular flexibility index (Phi) is 5.17. The highest BCUT2D eigenvalue weighted by Crippen LogP contribution is 2.25. The van der Waals surface area contributed by atoms with Crippen LogP contribution in [0.15, 0.2) is 47.9 Å². The summed E-state index contributed by atoms with van der Waals surface area (Å²) in [5.41, 5.74) is 1.18. The lowest BCUT2D eigenvalue weighted by molar-refractivity contribution is 0.504. The first kappa shape index (κ1) is 15.8. The molecule has 0 amide bonds. The molecule has 0 aliphatic heterocycles. The summed E-state index contributed by atoms with van der Waals surface area (Å²) in [6.07, 6.45) is 10.2. The molecule has 0 radical (unpaired) electrons. The third-order valence-corrected chi connectivity index (χ3v) is 4.80. The number of nitrogens with zero attached hydrogens (tertiary/aromatic N) is 2. The molecule has 1 aromatic carbocycles. The van der Waals surface area contributed by atoms with E-state index in [2.05, 4.69) is 16.5 Å². The van der Waals surface area contributed by atoms with E-state index in [1.807, 2.05) is 24.7 Å². The third kappa shape index (κ3) is 4.43. The fraction of sp³-hybridized carbons (Fsp3) is 0.438. The zero-order chi connectivity index (χ0) is 15.3. The Morgan fingerprint density at radius 2 is 1.95 bits per heavy atom. The van der Waals surface area contributed by atoms with Crippen LogP contribution in [0.1, 0.15) is 37.7 Å². The minimum Gasteiger partial charge on any atom is -0.337 e. The van der Waals surface area contributed by atoms with E-state index in [9.17, 15) is 8.42 Å². The first-order valence-corrected chi connectivity index (χ1v) is 9.15. The molecule has 0 saturated heterocycles. The van der Waals surface area contributed by atoms with Crippen LogP contribution in [0.2, 0.25) is 0 Å². The van der Waals surface area contributed by atoms with Crippen molar-refractivity contribution in [2.45, 2.75) is 43.5 Å². The summed E-state index contributed by atoms with van der Waals surface area (Å²) in [6, 6.07) is 7.29. The van der Waals surface area contributed by atoms with Gasteiger partial charge in [-0.15, -0.1) is 0 Å². The Labute approximate surface area is 126 Å². The Bertz CT molecular complexity index is 646. The molecule has 5 heteroatoms. The average Bonchev–Trinajstić information content (AvgIpc) is 2.95. The van der Waals surface area contributed by atoms with Crippen LogP contribution in [0, 0.1) is 0 Å². The molecule has 0 fully saturated rings. The lowest BCUT2D eigenvalue weighted by Gasteiger charge is -2.18. The second-order valence-electron chi connectivity index (χ2n) is 5.44. The average molecular weight is 306 g/mol. The van der Waals surface area contributed by atoms with Crippen LogP contribution in [0.4, 0.5) is 0 Å². The van der Waals surface area contributed by atoms with Crippen LogP contribution in [0.5, 0.6) is 0 Å². The summed E-state index contributed by atoms with van der Waals surface area (Å²) in [5, 5.41) is 0. The highest BCUT2D eigenvalue weighted by Gasteiger charge is 2.13. The van der Waals surface area contributed by atoms with Crippen LogP contribution >= 0.6 is 0 Å². The van der Waals surface area contributed by atoms with Crippen LogP contribution < -0.4 is 0 Å². The molecule has 0 aliphatic carbocycles. The first-order chi connectivity index (χ1) is 10.0. The Hall–Kier alpha value is -1.62. The second kappa shape index (κ2) is 6.89. The van der Waals surface area contributed by atoms with Gasteiger partial charge >= 0.3 is 0 Å². The lowest BCUT2D eigenvalue weighted by atomic mass is 9.93. The van der Waals surface area contributed by atoms with E-state index in [4.69, 9.17) is 0 Å². The number of unbranched alkanes of at least 4 members (excludes halogenated alkanes) is 1. The van der Waals surface area contributed by atoms with Gasteiger partial charge < -0.3 is 4.57 Å². The van der Waals surface area contributed by atoms with Gasteiger partial charge in [0.2, 0.25) is 0 Å². The van der Waals surface area contributed by atoms with Crippen LogP contribution in [0.25, 0.3) is 0 Å². The van der Waals surface area contributed by atoms with Gasteiger partial charge in [-0.2, -0.15) is 0 Å². The highest BCUT2D eigenvalue weighted by atomic mass is 32.2. The maximum Gasteiger partial charge on any atom is 0.175 e. The van der Waals surface area contributed by atoms with Crippen LogP contribution in [-0.2, 0) is 16.4 Å². The Morgan fingerprint density at radius 3 is 2.48 bits per heavy atom. The normalized spacial score (nSPS) is 13.2. The minimum atomic E-state index is -3.13. The van der Waals surface area contributed by atoms with Crippen molar-refractivity contribution >= 4 is 9.84 Å². The summed E-state index contributed by atoms with van der Waals surface area (Å²) in [4.78, 5) is 4.46. The van der Waals surface area contributed by atoms with E-state index in [0.717, 1.165) is 25.8 Å². The first-order valence-electron chi connectivity index (χ1n) is 7.26. The van der Waals surface area contributed by atoms with E-state index < -0.39 is 9.84 Å². The molecule has 1 atom stereocenters. The summed E-state index contributed by atoms with van der Waals surface area (Å²) >= 11 is 0. The minimum absolute atomic E-state index is 0.378. The van der Waals surface area contributed by atoms with Gasteiger partial charge in [-0.1, -0.05) is 31.9 Å².